The molecule has 1 fully saturated rings. The Morgan fingerprint density at radius 1 is 0.875 bits per heavy atom. The van der Waals surface area contributed by atoms with Crippen LogP contribution in [0.4, 0.5) is 32.0 Å². The fourth-order valence-corrected chi connectivity index (χ4v) is 5.16. The number of nitrogens with zero attached hydrogens (tertiary/aromatic N) is 1. The lowest BCUT2D eigenvalue weighted by atomic mass is 9.76. The molecule has 0 radical (unpaired) electrons. The second kappa shape index (κ2) is 12.3. The van der Waals surface area contributed by atoms with E-state index in [4.69, 9.17) is 4.74 Å². The average molecular weight is 565 g/mol. The number of amides is 1. The van der Waals surface area contributed by atoms with E-state index in [1.54, 1.807) is 7.11 Å². The van der Waals surface area contributed by atoms with Crippen molar-refractivity contribution in [3.8, 4) is 0 Å². The van der Waals surface area contributed by atoms with E-state index < -0.39 is 35.0 Å². The van der Waals surface area contributed by atoms with Crippen LogP contribution in [0.3, 0.4) is 0 Å². The number of piperidine rings is 1. The Kier molecular flexibility index (Phi) is 9.08. The second-order valence-electron chi connectivity index (χ2n) is 9.86. The first kappa shape index (κ1) is 29.5. The van der Waals surface area contributed by atoms with Crippen LogP contribution in [0, 0.1) is 0 Å². The Labute approximate surface area is 228 Å². The number of nitrogens with one attached hydrogen (secondary N) is 1. The number of benzene rings is 3. The van der Waals surface area contributed by atoms with Crippen molar-refractivity contribution in [2.45, 2.75) is 37.0 Å². The number of carbonyl (C=O) groups excluding carboxylic acids is 1. The zero-order valence-electron chi connectivity index (χ0n) is 21.9. The van der Waals surface area contributed by atoms with Crippen molar-refractivity contribution in [1.82, 2.24) is 4.90 Å². The quantitative estimate of drug-likeness (QED) is 0.227. The maximum atomic E-state index is 13.4. The van der Waals surface area contributed by atoms with E-state index in [2.05, 4.69) is 5.32 Å². The standard InChI is InChI=1S/C30H30F6N2O2/c1-40-14-6-12-37-25-10-5-9-21(17-25)27-19-38(13-11-26(27)20-7-3-2-4-8-20)28(39)22-15-23(29(31,32)33)18-24(16-22)30(34,35)36/h2-5,7-10,15-18,26-27,37H,6,11-14,19H2,1H3/t26-,27+/m1/s1. The molecule has 3 aromatic rings. The van der Waals surface area contributed by atoms with E-state index in [9.17, 15) is 31.1 Å². The number of likely N-dealkylation sites (tertiary alicyclic amines) is 1. The molecular formula is C30H30F6N2O2. The average Bonchev–Trinajstić information content (AvgIpc) is 2.94. The highest BCUT2D eigenvalue weighted by Gasteiger charge is 2.39. The highest BCUT2D eigenvalue weighted by molar-refractivity contribution is 5.95. The monoisotopic (exact) mass is 564 g/mol. The molecule has 0 saturated carbocycles. The third kappa shape index (κ3) is 7.15. The van der Waals surface area contributed by atoms with E-state index in [-0.39, 0.29) is 31.0 Å². The molecule has 0 bridgehead atoms. The van der Waals surface area contributed by atoms with Gasteiger partial charge in [-0.1, -0.05) is 42.5 Å². The van der Waals surface area contributed by atoms with Crippen molar-refractivity contribution in [2.75, 3.05) is 38.7 Å². The molecule has 4 nitrogen and oxygen atoms in total. The number of ether oxygens (including phenoxy) is 1. The smallest absolute Gasteiger partial charge is 0.385 e. The molecule has 4 rings (SSSR count). The normalized spacial score (nSPS) is 18.0. The summed E-state index contributed by atoms with van der Waals surface area (Å²) in [6, 6.07) is 18.5. The van der Waals surface area contributed by atoms with Gasteiger partial charge < -0.3 is 15.0 Å². The Balaban J connectivity index is 1.65. The minimum Gasteiger partial charge on any atom is -0.385 e. The summed E-state index contributed by atoms with van der Waals surface area (Å²) in [5.41, 5.74) is -0.800. The van der Waals surface area contributed by atoms with Gasteiger partial charge in [0.05, 0.1) is 11.1 Å². The highest BCUT2D eigenvalue weighted by Crippen LogP contribution is 2.41. The summed E-state index contributed by atoms with van der Waals surface area (Å²) < 4.78 is 85.7. The van der Waals surface area contributed by atoms with Crippen molar-refractivity contribution in [3.63, 3.8) is 0 Å². The molecule has 0 aromatic heterocycles. The summed E-state index contributed by atoms with van der Waals surface area (Å²) in [4.78, 5) is 14.8. The summed E-state index contributed by atoms with van der Waals surface area (Å²) in [6.45, 7) is 1.63. The van der Waals surface area contributed by atoms with Crippen molar-refractivity contribution in [1.29, 1.82) is 0 Å². The van der Waals surface area contributed by atoms with Gasteiger partial charge in [-0.05, 0) is 60.2 Å². The van der Waals surface area contributed by atoms with Crippen LogP contribution in [-0.2, 0) is 17.1 Å². The van der Waals surface area contributed by atoms with Crippen LogP contribution in [0.1, 0.15) is 57.3 Å². The number of alkyl halides is 6. The third-order valence-electron chi connectivity index (χ3n) is 7.13. The van der Waals surface area contributed by atoms with Gasteiger partial charge in [-0.2, -0.15) is 26.3 Å². The molecule has 1 saturated heterocycles. The number of halogens is 6. The minimum absolute atomic E-state index is 0.00115. The molecular weight excluding hydrogens is 534 g/mol. The van der Waals surface area contributed by atoms with E-state index in [1.807, 2.05) is 54.6 Å². The lowest BCUT2D eigenvalue weighted by molar-refractivity contribution is -0.143. The van der Waals surface area contributed by atoms with Gasteiger partial charge in [-0.15, -0.1) is 0 Å². The molecule has 2 atom stereocenters. The summed E-state index contributed by atoms with van der Waals surface area (Å²) in [5, 5.41) is 3.34. The molecule has 214 valence electrons. The van der Waals surface area contributed by atoms with Gasteiger partial charge in [-0.25, -0.2) is 0 Å². The molecule has 1 aliphatic rings. The lowest BCUT2D eigenvalue weighted by Gasteiger charge is -2.39. The van der Waals surface area contributed by atoms with Crippen LogP contribution >= 0.6 is 0 Å². The van der Waals surface area contributed by atoms with Crippen LogP contribution in [0.25, 0.3) is 0 Å². The van der Waals surface area contributed by atoms with E-state index in [0.717, 1.165) is 23.2 Å². The Hall–Kier alpha value is -3.53. The van der Waals surface area contributed by atoms with E-state index in [1.165, 1.54) is 4.90 Å². The molecule has 1 N–H and O–H groups in total. The Morgan fingerprint density at radius 2 is 1.52 bits per heavy atom. The van der Waals surface area contributed by atoms with E-state index >= 15 is 0 Å². The first-order valence-electron chi connectivity index (χ1n) is 12.9. The summed E-state index contributed by atoms with van der Waals surface area (Å²) >= 11 is 0. The number of methoxy groups -OCH3 is 1. The highest BCUT2D eigenvalue weighted by atomic mass is 19.4. The fourth-order valence-electron chi connectivity index (χ4n) is 5.16. The van der Waals surface area contributed by atoms with Crippen LogP contribution in [0.2, 0.25) is 0 Å². The topological polar surface area (TPSA) is 41.6 Å². The van der Waals surface area contributed by atoms with E-state index in [0.29, 0.717) is 31.7 Å². The number of anilines is 1. The maximum Gasteiger partial charge on any atom is 0.416 e. The van der Waals surface area contributed by atoms with Gasteiger partial charge in [0.15, 0.2) is 0 Å². The van der Waals surface area contributed by atoms with Crippen LogP contribution in [-0.4, -0.2) is 44.2 Å². The predicted octanol–water partition coefficient (Wildman–Crippen LogP) is 7.59. The lowest BCUT2D eigenvalue weighted by Crippen LogP contribution is -2.42. The summed E-state index contributed by atoms with van der Waals surface area (Å²) in [7, 11) is 1.63. The predicted molar refractivity (Wildman–Crippen MR) is 140 cm³/mol. The van der Waals surface area contributed by atoms with Gasteiger partial charge in [0.2, 0.25) is 0 Å². The fraction of sp³-hybridized carbons (Fsp3) is 0.367. The SMILES string of the molecule is COCCCNc1cccc([C@@H]2CN(C(=O)c3cc(C(F)(F)F)cc(C(F)(F)F)c3)CC[C@@H]2c2ccccc2)c1. The van der Waals surface area contributed by atoms with Crippen molar-refractivity contribution in [2.24, 2.45) is 0 Å². The third-order valence-corrected chi connectivity index (χ3v) is 7.13. The first-order valence-corrected chi connectivity index (χ1v) is 12.9. The largest absolute Gasteiger partial charge is 0.416 e. The summed E-state index contributed by atoms with van der Waals surface area (Å²) in [6.07, 6.45) is -8.77. The zero-order valence-corrected chi connectivity index (χ0v) is 21.9. The maximum absolute atomic E-state index is 13.4. The zero-order chi connectivity index (χ0) is 28.9. The van der Waals surface area contributed by atoms with Crippen LogP contribution in [0.5, 0.6) is 0 Å². The molecule has 3 aromatic carbocycles. The molecule has 1 aliphatic heterocycles. The number of carbonyl (C=O) groups is 1. The molecule has 1 heterocycles. The molecule has 0 aliphatic carbocycles. The van der Waals surface area contributed by atoms with Gasteiger partial charge in [0.25, 0.3) is 5.91 Å². The van der Waals surface area contributed by atoms with Gasteiger partial charge in [0.1, 0.15) is 0 Å². The minimum atomic E-state index is -5.03. The molecule has 40 heavy (non-hydrogen) atoms. The molecule has 10 heteroatoms. The number of rotatable bonds is 8. The first-order chi connectivity index (χ1) is 19.0. The van der Waals surface area contributed by atoms with Crippen LogP contribution < -0.4 is 5.32 Å². The molecule has 0 unspecified atom stereocenters. The molecule has 1 amide bonds. The van der Waals surface area contributed by atoms with Gasteiger partial charge in [0, 0.05) is 50.5 Å². The number of hydrogen-bond acceptors (Lipinski definition) is 3. The van der Waals surface area contributed by atoms with Crippen molar-refractivity contribution in [3.05, 3.63) is 101 Å². The van der Waals surface area contributed by atoms with Gasteiger partial charge >= 0.3 is 12.4 Å². The second-order valence-corrected chi connectivity index (χ2v) is 9.86. The van der Waals surface area contributed by atoms with Gasteiger partial charge in [-0.3, -0.25) is 4.79 Å². The summed E-state index contributed by atoms with van der Waals surface area (Å²) in [5.74, 6) is -1.09. The van der Waals surface area contributed by atoms with Crippen LogP contribution in [0.15, 0.2) is 72.8 Å². The molecule has 0 spiro atoms. The Bertz CT molecular complexity index is 1260. The number of hydrogen-bond donors (Lipinski definition) is 1. The van der Waals surface area contributed by atoms with Crippen molar-refractivity contribution >= 4 is 11.6 Å². The van der Waals surface area contributed by atoms with Crippen molar-refractivity contribution < 1.29 is 35.9 Å². The Morgan fingerprint density at radius 3 is 2.15 bits per heavy atom.